The SMILES string of the molecule is Cc1noc2c(=O)n(C)nc(-c3ccccc3)c12. The lowest BCUT2D eigenvalue weighted by Crippen LogP contribution is -2.19. The third-order valence-corrected chi connectivity index (χ3v) is 2.88. The summed E-state index contributed by atoms with van der Waals surface area (Å²) in [5.41, 5.74) is 2.30. The highest BCUT2D eigenvalue weighted by molar-refractivity contribution is 5.92. The highest BCUT2D eigenvalue weighted by atomic mass is 16.5. The van der Waals surface area contributed by atoms with Crippen LogP contribution in [-0.4, -0.2) is 14.9 Å². The Labute approximate surface area is 103 Å². The number of nitrogens with zero attached hydrogens (tertiary/aromatic N) is 3. The van der Waals surface area contributed by atoms with E-state index in [-0.39, 0.29) is 11.1 Å². The van der Waals surface area contributed by atoms with Gasteiger partial charge in [-0.25, -0.2) is 4.68 Å². The summed E-state index contributed by atoms with van der Waals surface area (Å²) in [5, 5.41) is 8.85. The van der Waals surface area contributed by atoms with Gasteiger partial charge in [-0.05, 0) is 6.92 Å². The summed E-state index contributed by atoms with van der Waals surface area (Å²) >= 11 is 0. The molecule has 3 rings (SSSR count). The standard InChI is InChI=1S/C13H11N3O2/c1-8-10-11(9-6-4-3-5-7-9)14-16(2)13(17)12(10)18-15-8/h3-7H,1-2H3. The summed E-state index contributed by atoms with van der Waals surface area (Å²) in [7, 11) is 1.60. The second kappa shape index (κ2) is 3.80. The molecule has 0 unspecified atom stereocenters. The molecule has 3 aromatic rings. The Morgan fingerprint density at radius 1 is 1.22 bits per heavy atom. The molecule has 0 saturated heterocycles. The van der Waals surface area contributed by atoms with Gasteiger partial charge in [0, 0.05) is 12.6 Å². The maximum atomic E-state index is 11.9. The van der Waals surface area contributed by atoms with Crippen molar-refractivity contribution in [3.8, 4) is 11.3 Å². The first kappa shape index (κ1) is 10.7. The molecule has 0 radical (unpaired) electrons. The Hall–Kier alpha value is -2.43. The van der Waals surface area contributed by atoms with Gasteiger partial charge in [0.25, 0.3) is 0 Å². The Morgan fingerprint density at radius 2 is 1.94 bits per heavy atom. The molecule has 0 atom stereocenters. The zero-order valence-electron chi connectivity index (χ0n) is 10.0. The molecule has 0 saturated carbocycles. The van der Waals surface area contributed by atoms with Crippen LogP contribution in [0.25, 0.3) is 22.2 Å². The van der Waals surface area contributed by atoms with Gasteiger partial charge in [0.2, 0.25) is 5.58 Å². The van der Waals surface area contributed by atoms with Crippen molar-refractivity contribution in [3.05, 3.63) is 46.4 Å². The fourth-order valence-electron chi connectivity index (χ4n) is 1.99. The Bertz CT molecular complexity index is 772. The van der Waals surface area contributed by atoms with Gasteiger partial charge in [-0.15, -0.1) is 0 Å². The summed E-state index contributed by atoms with van der Waals surface area (Å²) in [6.07, 6.45) is 0. The highest BCUT2D eigenvalue weighted by Gasteiger charge is 2.17. The van der Waals surface area contributed by atoms with Gasteiger partial charge in [0.1, 0.15) is 5.69 Å². The number of rotatable bonds is 1. The summed E-state index contributed by atoms with van der Waals surface area (Å²) in [5.74, 6) is 0. The first-order valence-electron chi connectivity index (χ1n) is 5.57. The minimum Gasteiger partial charge on any atom is -0.350 e. The van der Waals surface area contributed by atoms with Crippen LogP contribution < -0.4 is 5.56 Å². The van der Waals surface area contributed by atoms with E-state index in [2.05, 4.69) is 10.3 Å². The van der Waals surface area contributed by atoms with E-state index in [1.807, 2.05) is 30.3 Å². The maximum absolute atomic E-state index is 11.9. The Morgan fingerprint density at radius 3 is 2.67 bits per heavy atom. The predicted octanol–water partition coefficient (Wildman–Crippen LogP) is 1.90. The van der Waals surface area contributed by atoms with Crippen molar-refractivity contribution in [1.29, 1.82) is 0 Å². The number of fused-ring (bicyclic) bond motifs is 1. The van der Waals surface area contributed by atoms with Crippen molar-refractivity contribution in [1.82, 2.24) is 14.9 Å². The molecule has 2 aromatic heterocycles. The van der Waals surface area contributed by atoms with Crippen LogP contribution in [0.3, 0.4) is 0 Å². The maximum Gasteiger partial charge on any atom is 0.313 e. The molecule has 1 aromatic carbocycles. The van der Waals surface area contributed by atoms with E-state index >= 15 is 0 Å². The molecule has 0 aliphatic rings. The van der Waals surface area contributed by atoms with Crippen molar-refractivity contribution in [3.63, 3.8) is 0 Å². The lowest BCUT2D eigenvalue weighted by molar-refractivity contribution is 0.444. The van der Waals surface area contributed by atoms with Crippen molar-refractivity contribution < 1.29 is 4.52 Å². The van der Waals surface area contributed by atoms with E-state index in [1.165, 1.54) is 4.68 Å². The van der Waals surface area contributed by atoms with Gasteiger partial charge in [0.15, 0.2) is 0 Å². The number of hydrogen-bond donors (Lipinski definition) is 0. The molecular formula is C13H11N3O2. The van der Waals surface area contributed by atoms with Crippen LogP contribution in [0.1, 0.15) is 5.69 Å². The third kappa shape index (κ3) is 1.44. The van der Waals surface area contributed by atoms with E-state index in [0.29, 0.717) is 16.8 Å². The second-order valence-electron chi connectivity index (χ2n) is 4.12. The molecule has 0 spiro atoms. The van der Waals surface area contributed by atoms with Crippen LogP contribution in [0.4, 0.5) is 0 Å². The topological polar surface area (TPSA) is 60.9 Å². The van der Waals surface area contributed by atoms with Crippen molar-refractivity contribution in [2.24, 2.45) is 7.05 Å². The van der Waals surface area contributed by atoms with Gasteiger partial charge < -0.3 is 4.52 Å². The number of aryl methyl sites for hydroxylation is 2. The zero-order valence-corrected chi connectivity index (χ0v) is 10.0. The number of hydrogen-bond acceptors (Lipinski definition) is 4. The van der Waals surface area contributed by atoms with Gasteiger partial charge in [-0.2, -0.15) is 5.10 Å². The molecule has 0 aliphatic carbocycles. The smallest absolute Gasteiger partial charge is 0.313 e. The molecule has 90 valence electrons. The van der Waals surface area contributed by atoms with E-state index in [9.17, 15) is 4.79 Å². The monoisotopic (exact) mass is 241 g/mol. The van der Waals surface area contributed by atoms with Crippen LogP contribution in [0, 0.1) is 6.92 Å². The van der Waals surface area contributed by atoms with E-state index < -0.39 is 0 Å². The van der Waals surface area contributed by atoms with Gasteiger partial charge in [0.05, 0.1) is 11.1 Å². The average molecular weight is 241 g/mol. The van der Waals surface area contributed by atoms with Crippen LogP contribution in [0.5, 0.6) is 0 Å². The fourth-order valence-corrected chi connectivity index (χ4v) is 1.99. The first-order valence-corrected chi connectivity index (χ1v) is 5.57. The van der Waals surface area contributed by atoms with Crippen molar-refractivity contribution in [2.75, 3.05) is 0 Å². The summed E-state index contributed by atoms with van der Waals surface area (Å²) < 4.78 is 6.37. The molecule has 0 fully saturated rings. The largest absolute Gasteiger partial charge is 0.350 e. The molecule has 0 bridgehead atoms. The second-order valence-corrected chi connectivity index (χ2v) is 4.12. The van der Waals surface area contributed by atoms with Crippen LogP contribution in [-0.2, 0) is 7.05 Å². The molecule has 2 heterocycles. The van der Waals surface area contributed by atoms with Crippen LogP contribution in [0.2, 0.25) is 0 Å². The molecule has 5 nitrogen and oxygen atoms in total. The zero-order chi connectivity index (χ0) is 12.7. The lowest BCUT2D eigenvalue weighted by Gasteiger charge is -2.04. The normalized spacial score (nSPS) is 11.0. The molecule has 0 N–H and O–H groups in total. The van der Waals surface area contributed by atoms with Crippen LogP contribution >= 0.6 is 0 Å². The molecule has 0 aliphatic heterocycles. The highest BCUT2D eigenvalue weighted by Crippen LogP contribution is 2.26. The van der Waals surface area contributed by atoms with Crippen molar-refractivity contribution >= 4 is 11.0 Å². The summed E-state index contributed by atoms with van der Waals surface area (Å²) in [6.45, 7) is 1.80. The van der Waals surface area contributed by atoms with Gasteiger partial charge in [-0.1, -0.05) is 35.5 Å². The molecule has 18 heavy (non-hydrogen) atoms. The van der Waals surface area contributed by atoms with E-state index in [1.54, 1.807) is 14.0 Å². The number of benzene rings is 1. The summed E-state index contributed by atoms with van der Waals surface area (Å²) in [4.78, 5) is 11.9. The quantitative estimate of drug-likeness (QED) is 0.652. The van der Waals surface area contributed by atoms with E-state index in [0.717, 1.165) is 5.56 Å². The van der Waals surface area contributed by atoms with Crippen LogP contribution in [0.15, 0.2) is 39.6 Å². The average Bonchev–Trinajstić information content (AvgIpc) is 2.77. The Kier molecular flexibility index (Phi) is 2.26. The lowest BCUT2D eigenvalue weighted by atomic mass is 10.1. The van der Waals surface area contributed by atoms with Gasteiger partial charge >= 0.3 is 5.56 Å². The minimum atomic E-state index is -0.273. The third-order valence-electron chi connectivity index (χ3n) is 2.88. The van der Waals surface area contributed by atoms with E-state index in [4.69, 9.17) is 4.52 Å². The van der Waals surface area contributed by atoms with Gasteiger partial charge in [-0.3, -0.25) is 4.79 Å². The molecular weight excluding hydrogens is 230 g/mol. The number of aromatic nitrogens is 3. The fraction of sp³-hybridized carbons (Fsp3) is 0.154. The predicted molar refractivity (Wildman–Crippen MR) is 67.2 cm³/mol. The first-order chi connectivity index (χ1) is 8.68. The minimum absolute atomic E-state index is 0.254. The van der Waals surface area contributed by atoms with Crippen molar-refractivity contribution in [2.45, 2.75) is 6.92 Å². The molecule has 0 amide bonds. The molecule has 5 heteroatoms. The Balaban J connectivity index is 2.46. The summed E-state index contributed by atoms with van der Waals surface area (Å²) in [6, 6.07) is 9.67.